The minimum absolute atomic E-state index is 0.0966. The van der Waals surface area contributed by atoms with Crippen molar-refractivity contribution in [3.63, 3.8) is 0 Å². The summed E-state index contributed by atoms with van der Waals surface area (Å²) in [6, 6.07) is 16.5. The third-order valence-corrected chi connectivity index (χ3v) is 7.66. The molecule has 2 heterocycles. The Labute approximate surface area is 229 Å². The van der Waals surface area contributed by atoms with Crippen molar-refractivity contribution in [1.29, 1.82) is 0 Å². The molecule has 1 aliphatic rings. The summed E-state index contributed by atoms with van der Waals surface area (Å²) in [4.78, 5) is 23.0. The van der Waals surface area contributed by atoms with Crippen LogP contribution in [0.3, 0.4) is 0 Å². The van der Waals surface area contributed by atoms with Crippen LogP contribution >= 0.6 is 34.4 Å². The predicted octanol–water partition coefficient (Wildman–Crippen LogP) is 5.32. The Balaban J connectivity index is 1.22. The Morgan fingerprint density at radius 3 is 2.67 bits per heavy atom. The highest BCUT2D eigenvalue weighted by Gasteiger charge is 2.20. The van der Waals surface area contributed by atoms with Crippen LogP contribution in [0.4, 0.5) is 10.1 Å². The molecule has 0 unspecified atom stereocenters. The zero-order valence-corrected chi connectivity index (χ0v) is 23.2. The number of carbonyl (C=O) groups excluding carboxylic acids is 1. The van der Waals surface area contributed by atoms with Crippen molar-refractivity contribution in [2.24, 2.45) is 0 Å². The molecular formula is C27H30FIN4O2S. The molecule has 1 aliphatic heterocycles. The summed E-state index contributed by atoms with van der Waals surface area (Å²) in [5.41, 5.74) is 1.54. The lowest BCUT2D eigenvalue weighted by molar-refractivity contribution is 0.0948. The molecule has 1 N–H and O–H groups in total. The zero-order chi connectivity index (χ0) is 25.3. The van der Waals surface area contributed by atoms with E-state index in [0.717, 1.165) is 49.7 Å². The van der Waals surface area contributed by atoms with Gasteiger partial charge in [-0.05, 0) is 91.0 Å². The first-order valence-corrected chi connectivity index (χ1v) is 14.0. The summed E-state index contributed by atoms with van der Waals surface area (Å²) in [5.74, 6) is 0.221. The van der Waals surface area contributed by atoms with Crippen molar-refractivity contribution >= 4 is 45.9 Å². The van der Waals surface area contributed by atoms with Gasteiger partial charge in [0.15, 0.2) is 0 Å². The Morgan fingerprint density at radius 1 is 1.14 bits per heavy atom. The van der Waals surface area contributed by atoms with Crippen LogP contribution < -0.4 is 15.0 Å². The fourth-order valence-electron chi connectivity index (χ4n) is 4.09. The van der Waals surface area contributed by atoms with Gasteiger partial charge < -0.3 is 15.0 Å². The number of aromatic nitrogens is 1. The van der Waals surface area contributed by atoms with Crippen molar-refractivity contribution in [1.82, 2.24) is 15.2 Å². The average Bonchev–Trinajstić information content (AvgIpc) is 2.89. The van der Waals surface area contributed by atoms with Gasteiger partial charge in [0.25, 0.3) is 5.91 Å². The number of hydrogen-bond donors (Lipinski definition) is 1. The lowest BCUT2D eigenvalue weighted by Gasteiger charge is -2.36. The molecule has 0 bridgehead atoms. The number of nitrogens with zero attached hydrogens (tertiary/aromatic N) is 3. The van der Waals surface area contributed by atoms with Crippen LogP contribution in [0.25, 0.3) is 0 Å². The molecule has 0 radical (unpaired) electrons. The van der Waals surface area contributed by atoms with Gasteiger partial charge in [0.1, 0.15) is 16.6 Å². The van der Waals surface area contributed by atoms with Gasteiger partial charge in [-0.1, -0.05) is 11.8 Å². The normalized spacial score (nSPS) is 14.0. The minimum atomic E-state index is -0.283. The van der Waals surface area contributed by atoms with Crippen molar-refractivity contribution in [3.8, 4) is 5.75 Å². The molecule has 36 heavy (non-hydrogen) atoms. The van der Waals surface area contributed by atoms with Crippen LogP contribution in [0, 0.1) is 9.39 Å². The molecule has 4 rings (SSSR count). The number of amides is 1. The van der Waals surface area contributed by atoms with E-state index >= 15 is 0 Å². The van der Waals surface area contributed by atoms with Gasteiger partial charge in [-0.15, -0.1) is 0 Å². The highest BCUT2D eigenvalue weighted by atomic mass is 127. The molecule has 1 saturated heterocycles. The van der Waals surface area contributed by atoms with E-state index in [2.05, 4.69) is 42.7 Å². The van der Waals surface area contributed by atoms with E-state index in [4.69, 9.17) is 4.74 Å². The Bertz CT molecular complexity index is 1160. The van der Waals surface area contributed by atoms with Gasteiger partial charge in [-0.25, -0.2) is 9.37 Å². The second-order valence-corrected chi connectivity index (χ2v) is 10.7. The van der Waals surface area contributed by atoms with Crippen LogP contribution in [-0.4, -0.2) is 61.7 Å². The number of nitrogens with one attached hydrogen (secondary N) is 1. The highest BCUT2D eigenvalue weighted by molar-refractivity contribution is 14.1. The number of halogens is 2. The van der Waals surface area contributed by atoms with Crippen molar-refractivity contribution in [2.45, 2.75) is 23.3 Å². The van der Waals surface area contributed by atoms with Crippen LogP contribution in [0.5, 0.6) is 5.75 Å². The fraction of sp³-hybridized carbons (Fsp3) is 0.333. The van der Waals surface area contributed by atoms with E-state index in [1.807, 2.05) is 37.3 Å². The van der Waals surface area contributed by atoms with E-state index in [0.29, 0.717) is 29.5 Å². The number of benzene rings is 2. The van der Waals surface area contributed by atoms with Gasteiger partial charge in [0, 0.05) is 53.5 Å². The molecule has 6 nitrogen and oxygen atoms in total. The molecule has 0 spiro atoms. The molecule has 0 atom stereocenters. The van der Waals surface area contributed by atoms with Crippen LogP contribution in [0.2, 0.25) is 0 Å². The van der Waals surface area contributed by atoms with Crippen LogP contribution in [0.15, 0.2) is 70.7 Å². The number of ether oxygens (including phenoxy) is 1. The summed E-state index contributed by atoms with van der Waals surface area (Å²) in [7, 11) is 0. The van der Waals surface area contributed by atoms with Crippen LogP contribution in [-0.2, 0) is 0 Å². The molecule has 2 aromatic carbocycles. The number of anilines is 1. The maximum absolute atomic E-state index is 13.6. The van der Waals surface area contributed by atoms with Crippen molar-refractivity contribution in [2.75, 3.05) is 50.8 Å². The van der Waals surface area contributed by atoms with E-state index in [-0.39, 0.29) is 11.7 Å². The predicted molar refractivity (Wildman–Crippen MR) is 151 cm³/mol. The smallest absolute Gasteiger partial charge is 0.254 e. The number of carbonyl (C=O) groups is 1. The highest BCUT2D eigenvalue weighted by Crippen LogP contribution is 2.30. The van der Waals surface area contributed by atoms with Gasteiger partial charge >= 0.3 is 0 Å². The standard InChI is InChI=1S/C27H30FIN4O2S/c1-2-35-25-19-20(28)6-11-24(25)33-17-15-32(16-18-33)14-4-13-30-26(34)23-5-3-12-31-27(23)36-22-9-7-21(29)8-10-22/h3,5-12,19H,2,4,13-18H2,1H3,(H,30,34). The second kappa shape index (κ2) is 13.3. The first kappa shape index (κ1) is 26.7. The van der Waals surface area contributed by atoms with E-state index in [9.17, 15) is 9.18 Å². The maximum Gasteiger partial charge on any atom is 0.254 e. The summed E-state index contributed by atoms with van der Waals surface area (Å²) in [5, 5.41) is 3.76. The Morgan fingerprint density at radius 2 is 1.92 bits per heavy atom. The molecule has 190 valence electrons. The van der Waals surface area contributed by atoms with E-state index in [1.54, 1.807) is 18.3 Å². The van der Waals surface area contributed by atoms with Crippen molar-refractivity contribution in [3.05, 3.63) is 75.7 Å². The Kier molecular flexibility index (Phi) is 9.82. The fourth-order valence-corrected chi connectivity index (χ4v) is 5.33. The summed E-state index contributed by atoms with van der Waals surface area (Å²) < 4.78 is 20.4. The van der Waals surface area contributed by atoms with Gasteiger partial charge in [-0.3, -0.25) is 9.69 Å². The quantitative estimate of drug-likeness (QED) is 0.245. The molecule has 9 heteroatoms. The first-order valence-electron chi connectivity index (χ1n) is 12.1. The molecular weight excluding hydrogens is 590 g/mol. The van der Waals surface area contributed by atoms with Crippen molar-refractivity contribution < 1.29 is 13.9 Å². The lowest BCUT2D eigenvalue weighted by Crippen LogP contribution is -2.47. The number of hydrogen-bond acceptors (Lipinski definition) is 6. The number of piperazine rings is 1. The first-order chi connectivity index (χ1) is 17.5. The lowest BCUT2D eigenvalue weighted by atomic mass is 10.2. The SMILES string of the molecule is CCOc1cc(F)ccc1N1CCN(CCCNC(=O)c2cccnc2Sc2ccc(I)cc2)CC1. The third kappa shape index (κ3) is 7.33. The van der Waals surface area contributed by atoms with Crippen LogP contribution in [0.1, 0.15) is 23.7 Å². The van der Waals surface area contributed by atoms with Gasteiger partial charge in [0.05, 0.1) is 17.9 Å². The molecule has 3 aromatic rings. The van der Waals surface area contributed by atoms with E-state index in [1.165, 1.54) is 27.5 Å². The Hall–Kier alpha value is -2.37. The number of pyridine rings is 1. The number of rotatable bonds is 10. The molecule has 1 amide bonds. The average molecular weight is 621 g/mol. The topological polar surface area (TPSA) is 57.7 Å². The summed E-state index contributed by atoms with van der Waals surface area (Å²) >= 11 is 3.77. The van der Waals surface area contributed by atoms with Gasteiger partial charge in [-0.2, -0.15) is 0 Å². The third-order valence-electron chi connectivity index (χ3n) is 5.92. The molecule has 0 saturated carbocycles. The molecule has 1 fully saturated rings. The zero-order valence-electron chi connectivity index (χ0n) is 20.3. The summed E-state index contributed by atoms with van der Waals surface area (Å²) in [6.07, 6.45) is 2.58. The maximum atomic E-state index is 13.6. The minimum Gasteiger partial charge on any atom is -0.492 e. The largest absolute Gasteiger partial charge is 0.492 e. The van der Waals surface area contributed by atoms with E-state index < -0.39 is 0 Å². The molecule has 1 aromatic heterocycles. The van der Waals surface area contributed by atoms with Gasteiger partial charge in [0.2, 0.25) is 0 Å². The second-order valence-electron chi connectivity index (χ2n) is 8.40. The molecule has 0 aliphatic carbocycles. The summed E-state index contributed by atoms with van der Waals surface area (Å²) in [6.45, 7) is 7.46. The monoisotopic (exact) mass is 620 g/mol.